The molecule has 0 spiro atoms. The van der Waals surface area contributed by atoms with Crippen LogP contribution in [-0.4, -0.2) is 36.3 Å². The Morgan fingerprint density at radius 3 is 2.82 bits per heavy atom. The minimum Gasteiger partial charge on any atom is -0.379 e. The van der Waals surface area contributed by atoms with Crippen molar-refractivity contribution in [3.05, 3.63) is 16.5 Å². The molecule has 0 bridgehead atoms. The van der Waals surface area contributed by atoms with Gasteiger partial charge < -0.3 is 9.64 Å². The van der Waals surface area contributed by atoms with E-state index in [1.807, 2.05) is 0 Å². The molecule has 2 heterocycles. The highest BCUT2D eigenvalue weighted by atomic mass is 35.5. The van der Waals surface area contributed by atoms with Gasteiger partial charge in [-0.2, -0.15) is 0 Å². The molecule has 2 rings (SSSR count). The van der Waals surface area contributed by atoms with Crippen LogP contribution >= 0.6 is 23.2 Å². The second-order valence-electron chi connectivity index (χ2n) is 4.96. The highest BCUT2D eigenvalue weighted by Crippen LogP contribution is 2.25. The van der Waals surface area contributed by atoms with Crippen molar-refractivity contribution in [3.8, 4) is 0 Å². The van der Waals surface area contributed by atoms with Crippen molar-refractivity contribution in [2.45, 2.75) is 13.8 Å². The van der Waals surface area contributed by atoms with Gasteiger partial charge >= 0.3 is 0 Å². The van der Waals surface area contributed by atoms with E-state index in [1.165, 1.54) is 0 Å². The number of halogens is 2. The number of hydrogen-bond donors (Lipinski definition) is 0. The van der Waals surface area contributed by atoms with E-state index < -0.39 is 0 Å². The molecule has 0 radical (unpaired) electrons. The van der Waals surface area contributed by atoms with E-state index in [2.05, 4.69) is 28.7 Å². The zero-order chi connectivity index (χ0) is 12.5. The van der Waals surface area contributed by atoms with Gasteiger partial charge in [0.1, 0.15) is 11.0 Å². The van der Waals surface area contributed by atoms with Crippen molar-refractivity contribution in [2.75, 3.05) is 31.2 Å². The molecule has 4 nitrogen and oxygen atoms in total. The van der Waals surface area contributed by atoms with Gasteiger partial charge in [0.15, 0.2) is 0 Å². The van der Waals surface area contributed by atoms with Gasteiger partial charge in [0.25, 0.3) is 0 Å². The third-order valence-electron chi connectivity index (χ3n) is 2.60. The summed E-state index contributed by atoms with van der Waals surface area (Å²) in [5, 5.41) is 0.540. The first-order valence-electron chi connectivity index (χ1n) is 5.49. The summed E-state index contributed by atoms with van der Waals surface area (Å²) in [4.78, 5) is 10.2. The molecule has 0 unspecified atom stereocenters. The highest BCUT2D eigenvalue weighted by molar-refractivity contribution is 6.32. The van der Waals surface area contributed by atoms with E-state index >= 15 is 0 Å². The quantitative estimate of drug-likeness (QED) is 0.584. The fraction of sp³-hybridized carbons (Fsp3) is 0.636. The Bertz CT molecular complexity index is 391. The summed E-state index contributed by atoms with van der Waals surface area (Å²) < 4.78 is 5.57. The van der Waals surface area contributed by atoms with Crippen LogP contribution in [0.3, 0.4) is 0 Å². The molecular formula is C11H15Cl2N3O. The van der Waals surface area contributed by atoms with Gasteiger partial charge in [-0.3, -0.25) is 0 Å². The van der Waals surface area contributed by atoms with Gasteiger partial charge in [-0.1, -0.05) is 25.4 Å². The van der Waals surface area contributed by atoms with Crippen molar-refractivity contribution in [1.29, 1.82) is 0 Å². The van der Waals surface area contributed by atoms with Crippen molar-refractivity contribution in [3.63, 3.8) is 0 Å². The van der Waals surface area contributed by atoms with E-state index in [1.54, 1.807) is 6.07 Å². The lowest BCUT2D eigenvalue weighted by molar-refractivity contribution is 0.0893. The number of ether oxygens (including phenoxy) is 1. The smallest absolute Gasteiger partial charge is 0.225 e. The average molecular weight is 276 g/mol. The maximum absolute atomic E-state index is 5.89. The number of hydrogen-bond acceptors (Lipinski definition) is 4. The van der Waals surface area contributed by atoms with Crippen molar-refractivity contribution in [2.24, 2.45) is 5.41 Å². The molecule has 17 heavy (non-hydrogen) atoms. The van der Waals surface area contributed by atoms with Crippen LogP contribution in [0.25, 0.3) is 0 Å². The summed E-state index contributed by atoms with van der Waals surface area (Å²) in [7, 11) is 0. The third kappa shape index (κ3) is 3.44. The van der Waals surface area contributed by atoms with Crippen molar-refractivity contribution >= 4 is 29.0 Å². The molecule has 0 atom stereocenters. The molecule has 1 aliphatic rings. The fourth-order valence-corrected chi connectivity index (χ4v) is 2.30. The summed E-state index contributed by atoms with van der Waals surface area (Å²) in [6, 6.07) is 1.73. The predicted octanol–water partition coefficient (Wildman–Crippen LogP) is 2.65. The van der Waals surface area contributed by atoms with E-state index in [-0.39, 0.29) is 10.7 Å². The Morgan fingerprint density at radius 2 is 2.12 bits per heavy atom. The number of rotatable bonds is 1. The Hall–Kier alpha value is -0.580. The van der Waals surface area contributed by atoms with Gasteiger partial charge in [-0.25, -0.2) is 9.97 Å². The van der Waals surface area contributed by atoms with E-state index in [0.29, 0.717) is 11.8 Å². The van der Waals surface area contributed by atoms with Crippen LogP contribution in [0.1, 0.15) is 13.8 Å². The second kappa shape index (κ2) is 4.96. The lowest BCUT2D eigenvalue weighted by atomic mass is 9.94. The first-order valence-corrected chi connectivity index (χ1v) is 6.25. The van der Waals surface area contributed by atoms with Gasteiger partial charge in [0, 0.05) is 24.6 Å². The molecule has 94 valence electrons. The summed E-state index contributed by atoms with van der Waals surface area (Å²) >= 11 is 11.7. The molecule has 0 aromatic carbocycles. The van der Waals surface area contributed by atoms with Gasteiger partial charge in [0.2, 0.25) is 5.28 Å². The van der Waals surface area contributed by atoms with E-state index in [4.69, 9.17) is 27.9 Å². The molecule has 1 saturated heterocycles. The van der Waals surface area contributed by atoms with Crippen LogP contribution in [0.2, 0.25) is 10.4 Å². The van der Waals surface area contributed by atoms with Crippen LogP contribution < -0.4 is 4.90 Å². The van der Waals surface area contributed by atoms with E-state index in [0.717, 1.165) is 25.5 Å². The molecule has 1 aromatic rings. The lowest BCUT2D eigenvalue weighted by Crippen LogP contribution is -2.35. The van der Waals surface area contributed by atoms with Crippen molar-refractivity contribution in [1.82, 2.24) is 9.97 Å². The zero-order valence-electron chi connectivity index (χ0n) is 9.91. The van der Waals surface area contributed by atoms with Crippen molar-refractivity contribution < 1.29 is 4.74 Å². The third-order valence-corrected chi connectivity index (χ3v) is 2.96. The Morgan fingerprint density at radius 1 is 1.35 bits per heavy atom. The zero-order valence-corrected chi connectivity index (χ0v) is 11.4. The molecular weight excluding hydrogens is 261 g/mol. The molecule has 0 N–H and O–H groups in total. The molecule has 1 fully saturated rings. The predicted molar refractivity (Wildman–Crippen MR) is 68.9 cm³/mol. The van der Waals surface area contributed by atoms with Crippen LogP contribution in [-0.2, 0) is 4.74 Å². The molecule has 1 aromatic heterocycles. The summed E-state index contributed by atoms with van der Waals surface area (Å²) in [6.45, 7) is 7.40. The summed E-state index contributed by atoms with van der Waals surface area (Å²) in [6.07, 6.45) is 0. The number of aromatic nitrogens is 2. The van der Waals surface area contributed by atoms with Crippen LogP contribution in [0.4, 0.5) is 5.82 Å². The maximum atomic E-state index is 5.89. The Labute approximate surface area is 111 Å². The largest absolute Gasteiger partial charge is 0.379 e. The highest BCUT2D eigenvalue weighted by Gasteiger charge is 2.26. The van der Waals surface area contributed by atoms with Gasteiger partial charge in [-0.05, 0) is 11.6 Å². The first kappa shape index (κ1) is 12.9. The van der Waals surface area contributed by atoms with E-state index in [9.17, 15) is 0 Å². The second-order valence-corrected chi connectivity index (χ2v) is 5.68. The maximum Gasteiger partial charge on any atom is 0.225 e. The van der Waals surface area contributed by atoms with Gasteiger partial charge in [-0.15, -0.1) is 0 Å². The molecule has 0 aliphatic carbocycles. The Kier molecular flexibility index (Phi) is 3.76. The fourth-order valence-electron chi connectivity index (χ4n) is 1.90. The number of anilines is 1. The number of nitrogens with zero attached hydrogens (tertiary/aromatic N) is 3. The normalized spacial score (nSPS) is 20.1. The van der Waals surface area contributed by atoms with Gasteiger partial charge in [0.05, 0.1) is 13.2 Å². The minimum absolute atomic E-state index is 0.0837. The molecule has 0 saturated carbocycles. The average Bonchev–Trinajstić information content (AvgIpc) is 2.37. The molecule has 1 aliphatic heterocycles. The van der Waals surface area contributed by atoms with Crippen LogP contribution in [0.5, 0.6) is 0 Å². The first-order chi connectivity index (χ1) is 7.96. The lowest BCUT2D eigenvalue weighted by Gasteiger charge is -2.29. The summed E-state index contributed by atoms with van der Waals surface area (Å²) in [5.41, 5.74) is 0.0837. The minimum atomic E-state index is 0.0837. The van der Waals surface area contributed by atoms with Crippen LogP contribution in [0, 0.1) is 5.41 Å². The monoisotopic (exact) mass is 275 g/mol. The molecule has 6 heteroatoms. The topological polar surface area (TPSA) is 38.2 Å². The SMILES string of the molecule is CC1(C)COCCN(c2cc(Cl)nc(Cl)n2)C1. The Balaban J connectivity index is 2.25. The van der Waals surface area contributed by atoms with Crippen LogP contribution in [0.15, 0.2) is 6.07 Å². The molecule has 0 amide bonds. The standard InChI is InChI=1S/C11H15Cl2N3O/c1-11(2)6-16(3-4-17-7-11)9-5-8(12)14-10(13)15-9/h5H,3-4,6-7H2,1-2H3. The summed E-state index contributed by atoms with van der Waals surface area (Å²) in [5.74, 6) is 0.758.